The number of carbonyl (C=O) groups excluding carboxylic acids is 1. The van der Waals surface area contributed by atoms with Crippen LogP contribution in [0.25, 0.3) is 5.00 Å². The molecule has 1 aromatic carbocycles. The molecule has 2 saturated carbocycles. The van der Waals surface area contributed by atoms with E-state index >= 15 is 0 Å². The van der Waals surface area contributed by atoms with Gasteiger partial charge >= 0.3 is 0 Å². The number of aromatic nitrogens is 3. The Bertz CT molecular complexity index is 1440. The standard InChI is InChI=1S/C29H34ClN5O3S/c1-15-16(2)39-28-24(15)25(18-6-9-21(30)10-7-18)32-22(27-34-33-17(3)35(27)28)14-23(36)31-12-4-11-29(38)20-8-5-19(13-20)26(29)37/h6-7,9-10,19-20,22,26,37-38H,4-5,8,11-14H2,1-3H3,(H,31,36)/t19?,20?,22-,26?,29?/m0/s1. The Labute approximate surface area is 237 Å². The lowest BCUT2D eigenvalue weighted by Crippen LogP contribution is -2.47. The molecule has 3 aliphatic rings. The molecule has 2 fully saturated rings. The zero-order valence-corrected chi connectivity index (χ0v) is 24.0. The molecule has 2 aliphatic carbocycles. The first kappa shape index (κ1) is 26.6. The van der Waals surface area contributed by atoms with Gasteiger partial charge in [-0.1, -0.05) is 23.7 Å². The van der Waals surface area contributed by atoms with E-state index in [1.165, 1.54) is 4.88 Å². The normalized spacial score (nSPS) is 27.2. The summed E-state index contributed by atoms with van der Waals surface area (Å²) in [6, 6.07) is 7.11. The summed E-state index contributed by atoms with van der Waals surface area (Å²) in [6.45, 7) is 6.56. The minimum Gasteiger partial charge on any atom is -0.390 e. The average molecular weight is 568 g/mol. The van der Waals surface area contributed by atoms with Gasteiger partial charge in [0.05, 0.1) is 23.8 Å². The molecule has 39 heavy (non-hydrogen) atoms. The molecule has 2 aromatic heterocycles. The second-order valence-corrected chi connectivity index (χ2v) is 12.9. The largest absolute Gasteiger partial charge is 0.390 e. The number of aliphatic imine (C=N–C) groups is 1. The molecule has 1 aliphatic heterocycles. The van der Waals surface area contributed by atoms with E-state index in [9.17, 15) is 15.0 Å². The average Bonchev–Trinajstić information content (AvgIpc) is 3.64. The van der Waals surface area contributed by atoms with Gasteiger partial charge in [-0.05, 0) is 82.4 Å². The molecule has 0 spiro atoms. The van der Waals surface area contributed by atoms with Crippen molar-refractivity contribution in [3.63, 3.8) is 0 Å². The first-order valence-electron chi connectivity index (χ1n) is 13.7. The van der Waals surface area contributed by atoms with Crippen LogP contribution in [0.5, 0.6) is 0 Å². The molecule has 0 radical (unpaired) electrons. The number of fused-ring (bicyclic) bond motifs is 5. The summed E-state index contributed by atoms with van der Waals surface area (Å²) < 4.78 is 2.04. The van der Waals surface area contributed by atoms with Gasteiger partial charge in [-0.25, -0.2) is 0 Å². The third-order valence-electron chi connectivity index (χ3n) is 8.95. The first-order chi connectivity index (χ1) is 18.7. The lowest BCUT2D eigenvalue weighted by molar-refractivity contribution is -0.122. The second-order valence-electron chi connectivity index (χ2n) is 11.3. The van der Waals surface area contributed by atoms with Crippen molar-refractivity contribution < 1.29 is 15.0 Å². The Kier molecular flexibility index (Phi) is 6.90. The minimum absolute atomic E-state index is 0.125. The Morgan fingerprint density at radius 2 is 1.97 bits per heavy atom. The quantitative estimate of drug-likeness (QED) is 0.361. The number of halogens is 1. The van der Waals surface area contributed by atoms with Crippen molar-refractivity contribution in [1.82, 2.24) is 20.1 Å². The highest BCUT2D eigenvalue weighted by Crippen LogP contribution is 2.52. The van der Waals surface area contributed by atoms with Crippen molar-refractivity contribution in [1.29, 1.82) is 0 Å². The van der Waals surface area contributed by atoms with Crippen LogP contribution in [0, 0.1) is 32.6 Å². The number of benzene rings is 1. The van der Waals surface area contributed by atoms with Gasteiger partial charge in [-0.15, -0.1) is 21.5 Å². The number of hydrogen-bond donors (Lipinski definition) is 3. The van der Waals surface area contributed by atoms with E-state index in [1.807, 2.05) is 35.8 Å². The fourth-order valence-corrected chi connectivity index (χ4v) is 8.08. The highest BCUT2D eigenvalue weighted by molar-refractivity contribution is 7.15. The smallest absolute Gasteiger partial charge is 0.222 e. The number of amides is 1. The number of aliphatic hydroxyl groups is 2. The Hall–Kier alpha value is -2.59. The molecule has 3 aromatic rings. The van der Waals surface area contributed by atoms with Crippen LogP contribution in [0.1, 0.15) is 77.8 Å². The molecule has 3 heterocycles. The van der Waals surface area contributed by atoms with E-state index in [0.29, 0.717) is 30.2 Å². The van der Waals surface area contributed by atoms with Gasteiger partial charge in [0.15, 0.2) is 5.82 Å². The molecule has 10 heteroatoms. The summed E-state index contributed by atoms with van der Waals surface area (Å²) in [5.41, 5.74) is 2.91. The second kappa shape index (κ2) is 10.1. The van der Waals surface area contributed by atoms with Gasteiger partial charge in [0, 0.05) is 27.6 Å². The number of nitrogens with zero attached hydrogens (tertiary/aromatic N) is 4. The van der Waals surface area contributed by atoms with Crippen molar-refractivity contribution in [2.24, 2.45) is 16.8 Å². The Balaban J connectivity index is 1.23. The van der Waals surface area contributed by atoms with Crippen LogP contribution in [-0.4, -0.2) is 54.8 Å². The molecule has 8 nitrogen and oxygen atoms in total. The molecule has 0 saturated heterocycles. The first-order valence-corrected chi connectivity index (χ1v) is 14.9. The van der Waals surface area contributed by atoms with Crippen LogP contribution in [0.15, 0.2) is 29.3 Å². The summed E-state index contributed by atoms with van der Waals surface area (Å²) >= 11 is 7.87. The number of nitrogens with one attached hydrogen (secondary N) is 1. The van der Waals surface area contributed by atoms with Gasteiger partial charge in [0.1, 0.15) is 16.9 Å². The number of rotatable bonds is 7. The van der Waals surface area contributed by atoms with Crippen LogP contribution in [0.4, 0.5) is 0 Å². The van der Waals surface area contributed by atoms with Gasteiger partial charge in [0.25, 0.3) is 0 Å². The van der Waals surface area contributed by atoms with Crippen LogP contribution < -0.4 is 5.32 Å². The minimum atomic E-state index is -1.02. The highest BCUT2D eigenvalue weighted by Gasteiger charge is 2.56. The zero-order chi connectivity index (χ0) is 27.5. The maximum absolute atomic E-state index is 13.2. The van der Waals surface area contributed by atoms with Gasteiger partial charge in [-0.3, -0.25) is 14.4 Å². The molecule has 6 rings (SSSR count). The molecule has 3 N–H and O–H groups in total. The maximum atomic E-state index is 13.2. The summed E-state index contributed by atoms with van der Waals surface area (Å²) in [5, 5.41) is 35.1. The highest BCUT2D eigenvalue weighted by atomic mass is 35.5. The number of thiophene rings is 1. The fraction of sp³-hybridized carbons (Fsp3) is 0.517. The zero-order valence-electron chi connectivity index (χ0n) is 22.4. The van der Waals surface area contributed by atoms with Gasteiger partial charge in [-0.2, -0.15) is 0 Å². The van der Waals surface area contributed by atoms with Crippen LogP contribution in [0.3, 0.4) is 0 Å². The molecular weight excluding hydrogens is 534 g/mol. The van der Waals surface area contributed by atoms with E-state index < -0.39 is 17.7 Å². The topological polar surface area (TPSA) is 113 Å². The predicted octanol–water partition coefficient (Wildman–Crippen LogP) is 4.61. The maximum Gasteiger partial charge on any atom is 0.222 e. The third-order valence-corrected chi connectivity index (χ3v) is 10.4. The van der Waals surface area contributed by atoms with Crippen molar-refractivity contribution >= 4 is 34.6 Å². The molecule has 2 bridgehead atoms. The molecule has 5 atom stereocenters. The van der Waals surface area contributed by atoms with E-state index in [2.05, 4.69) is 29.4 Å². The molecule has 1 amide bonds. The van der Waals surface area contributed by atoms with E-state index in [4.69, 9.17) is 16.6 Å². The van der Waals surface area contributed by atoms with Gasteiger partial charge < -0.3 is 15.5 Å². The number of carbonyl (C=O) groups is 1. The lowest BCUT2D eigenvalue weighted by Gasteiger charge is -2.36. The molecule has 4 unspecified atom stereocenters. The Morgan fingerprint density at radius 3 is 2.69 bits per heavy atom. The SMILES string of the molecule is Cc1sc2c(c1C)C(c1ccc(Cl)cc1)=N[C@@H](CC(=O)NCCCC1(O)C3CCC(C3)C1O)c1nnc(C)n1-2. The van der Waals surface area contributed by atoms with Crippen LogP contribution in [-0.2, 0) is 4.79 Å². The van der Waals surface area contributed by atoms with Crippen molar-refractivity contribution in [2.45, 2.75) is 77.0 Å². The number of aliphatic hydroxyl groups excluding tert-OH is 1. The van der Waals surface area contributed by atoms with E-state index in [0.717, 1.165) is 52.5 Å². The van der Waals surface area contributed by atoms with Crippen LogP contribution in [0.2, 0.25) is 5.02 Å². The summed E-state index contributed by atoms with van der Waals surface area (Å²) in [6.07, 6.45) is 3.46. The molecular formula is C29H34ClN5O3S. The molecule has 206 valence electrons. The number of hydrogen-bond acceptors (Lipinski definition) is 7. The summed E-state index contributed by atoms with van der Waals surface area (Å²) in [5.74, 6) is 1.65. The van der Waals surface area contributed by atoms with Gasteiger partial charge in [0.2, 0.25) is 5.91 Å². The summed E-state index contributed by atoms with van der Waals surface area (Å²) in [4.78, 5) is 19.5. The van der Waals surface area contributed by atoms with E-state index in [1.54, 1.807) is 11.3 Å². The Morgan fingerprint density at radius 1 is 1.21 bits per heavy atom. The lowest BCUT2D eigenvalue weighted by atomic mass is 9.79. The number of aryl methyl sites for hydroxylation is 2. The van der Waals surface area contributed by atoms with Crippen molar-refractivity contribution in [3.8, 4) is 5.00 Å². The third kappa shape index (κ3) is 4.53. The summed E-state index contributed by atoms with van der Waals surface area (Å²) in [7, 11) is 0. The van der Waals surface area contributed by atoms with E-state index in [-0.39, 0.29) is 24.2 Å². The van der Waals surface area contributed by atoms with Crippen LogP contribution >= 0.6 is 22.9 Å². The monoisotopic (exact) mass is 567 g/mol. The fourth-order valence-electron chi connectivity index (χ4n) is 6.74. The van der Waals surface area contributed by atoms with Crippen molar-refractivity contribution in [3.05, 3.63) is 62.5 Å². The predicted molar refractivity (Wildman–Crippen MR) is 152 cm³/mol. The van der Waals surface area contributed by atoms with Crippen molar-refractivity contribution in [2.75, 3.05) is 6.54 Å².